The van der Waals surface area contributed by atoms with Crippen molar-refractivity contribution in [1.29, 1.82) is 0 Å². The number of methoxy groups -OCH3 is 1. The zero-order valence-electron chi connectivity index (χ0n) is 23.6. The number of hydrogen-bond acceptors (Lipinski definition) is 3. The van der Waals surface area contributed by atoms with E-state index in [0.717, 1.165) is 30.5 Å². The standard InChI is InChI=1S/C27H57IN2O4S/c1-6-7-8-9-10-11-12-13-14-15-16-17-18-19-23-34-27(28)26(25-33-5)24-29(35(31)32)21-20-22-30(2,3)4/h26-27H,6-25H2,1-5H3/p+1. The third-order valence-electron chi connectivity index (χ3n) is 6.42. The second-order valence-corrected chi connectivity index (χ2v) is 13.2. The van der Waals surface area contributed by atoms with Crippen LogP contribution in [0.4, 0.5) is 0 Å². The summed E-state index contributed by atoms with van der Waals surface area (Å²) < 4.78 is 35.6. The first-order chi connectivity index (χ1) is 16.7. The largest absolute Gasteiger partial charge is 0.384 e. The van der Waals surface area contributed by atoms with Gasteiger partial charge in [-0.3, -0.25) is 4.55 Å². The normalized spacial score (nSPS) is 15.0. The summed E-state index contributed by atoms with van der Waals surface area (Å²) in [6.07, 6.45) is 19.8. The highest BCUT2D eigenvalue weighted by Gasteiger charge is 2.25. The van der Waals surface area contributed by atoms with Gasteiger partial charge in [0.05, 0.1) is 34.3 Å². The second-order valence-electron chi connectivity index (χ2n) is 11.0. The van der Waals surface area contributed by atoms with Crippen LogP contribution < -0.4 is 0 Å². The Morgan fingerprint density at radius 3 is 1.77 bits per heavy atom. The number of halogens is 1. The van der Waals surface area contributed by atoms with Crippen LogP contribution >= 0.6 is 22.6 Å². The first-order valence-electron chi connectivity index (χ1n) is 14.1. The molecule has 212 valence electrons. The van der Waals surface area contributed by atoms with Crippen molar-refractivity contribution in [2.75, 3.05) is 61.1 Å². The van der Waals surface area contributed by atoms with Gasteiger partial charge in [0.25, 0.3) is 0 Å². The Labute approximate surface area is 234 Å². The van der Waals surface area contributed by atoms with Gasteiger partial charge in [-0.25, -0.2) is 8.51 Å². The van der Waals surface area contributed by atoms with Crippen LogP contribution in [0.3, 0.4) is 0 Å². The molecule has 0 fully saturated rings. The molecule has 0 bridgehead atoms. The Morgan fingerprint density at radius 1 is 0.857 bits per heavy atom. The average molecular weight is 634 g/mol. The van der Waals surface area contributed by atoms with Gasteiger partial charge < -0.3 is 14.0 Å². The first-order valence-corrected chi connectivity index (χ1v) is 16.4. The molecule has 0 heterocycles. The van der Waals surface area contributed by atoms with E-state index in [2.05, 4.69) is 50.7 Å². The van der Waals surface area contributed by atoms with Crippen molar-refractivity contribution in [2.45, 2.75) is 107 Å². The molecule has 0 spiro atoms. The molecule has 0 aliphatic rings. The van der Waals surface area contributed by atoms with Gasteiger partial charge in [-0.1, -0.05) is 113 Å². The number of ether oxygens (including phenoxy) is 2. The zero-order valence-corrected chi connectivity index (χ0v) is 26.6. The fraction of sp³-hybridized carbons (Fsp3) is 1.00. The number of unbranched alkanes of at least 4 members (excludes halogenated alkanes) is 13. The number of nitrogens with zero attached hydrogens (tertiary/aromatic N) is 2. The smallest absolute Gasteiger partial charge is 0.234 e. The van der Waals surface area contributed by atoms with Crippen LogP contribution in [0.15, 0.2) is 0 Å². The van der Waals surface area contributed by atoms with Crippen LogP contribution in [0.5, 0.6) is 0 Å². The average Bonchev–Trinajstić information content (AvgIpc) is 2.79. The molecule has 8 heteroatoms. The Balaban J connectivity index is 3.93. The van der Waals surface area contributed by atoms with Crippen LogP contribution in [0.25, 0.3) is 0 Å². The lowest BCUT2D eigenvalue weighted by atomic mass is 10.0. The van der Waals surface area contributed by atoms with Gasteiger partial charge in [-0.05, 0) is 6.42 Å². The maximum absolute atomic E-state index is 11.9. The summed E-state index contributed by atoms with van der Waals surface area (Å²) in [5.41, 5.74) is 0. The van der Waals surface area contributed by atoms with Crippen LogP contribution in [0.2, 0.25) is 0 Å². The molecular formula is C27H58IN2O4S+. The van der Waals surface area contributed by atoms with E-state index in [1.54, 1.807) is 11.4 Å². The quantitative estimate of drug-likeness (QED) is 0.0365. The molecule has 6 nitrogen and oxygen atoms in total. The predicted molar refractivity (Wildman–Crippen MR) is 159 cm³/mol. The topological polar surface area (TPSA) is 59.0 Å². The predicted octanol–water partition coefficient (Wildman–Crippen LogP) is 7.04. The van der Waals surface area contributed by atoms with E-state index in [1.165, 1.54) is 83.5 Å². The lowest BCUT2D eigenvalue weighted by Crippen LogP contribution is -2.41. The highest BCUT2D eigenvalue weighted by Crippen LogP contribution is 2.20. The third-order valence-corrected chi connectivity index (χ3v) is 8.57. The number of quaternary nitrogens is 1. The number of hydrogen-bond donors (Lipinski definition) is 1. The molecule has 0 rings (SSSR count). The van der Waals surface area contributed by atoms with Gasteiger partial charge in [0.15, 0.2) is 0 Å². The SMILES string of the molecule is CCCCCCCCCCCCCCCCOC(I)C(COC)CN(CCC[N+](C)(C)C)S(=O)O. The molecule has 0 aromatic heterocycles. The van der Waals surface area contributed by atoms with Crippen molar-refractivity contribution in [3.05, 3.63) is 0 Å². The molecule has 0 aromatic rings. The molecule has 0 amide bonds. The summed E-state index contributed by atoms with van der Waals surface area (Å²) in [6, 6.07) is 0. The van der Waals surface area contributed by atoms with Crippen molar-refractivity contribution < 1.29 is 22.7 Å². The Kier molecular flexibility index (Phi) is 24.2. The van der Waals surface area contributed by atoms with Crippen LogP contribution in [-0.4, -0.2) is 82.8 Å². The van der Waals surface area contributed by atoms with Crippen molar-refractivity contribution >= 4 is 33.9 Å². The summed E-state index contributed by atoms with van der Waals surface area (Å²) in [7, 11) is 8.10. The van der Waals surface area contributed by atoms with Crippen molar-refractivity contribution in [2.24, 2.45) is 5.92 Å². The van der Waals surface area contributed by atoms with Crippen molar-refractivity contribution in [3.8, 4) is 0 Å². The van der Waals surface area contributed by atoms with E-state index in [1.807, 2.05) is 0 Å². The fourth-order valence-electron chi connectivity index (χ4n) is 4.27. The van der Waals surface area contributed by atoms with E-state index >= 15 is 0 Å². The lowest BCUT2D eigenvalue weighted by molar-refractivity contribution is -0.870. The number of rotatable bonds is 26. The van der Waals surface area contributed by atoms with Gasteiger partial charge in [-0.2, -0.15) is 0 Å². The number of alkyl halides is 1. The Bertz CT molecular complexity index is 494. The second kappa shape index (κ2) is 23.8. The molecule has 0 saturated heterocycles. The molecule has 0 aliphatic heterocycles. The maximum Gasteiger partial charge on any atom is 0.234 e. The minimum atomic E-state index is -1.98. The molecule has 3 unspecified atom stereocenters. The van der Waals surface area contributed by atoms with E-state index in [0.29, 0.717) is 19.7 Å². The van der Waals surface area contributed by atoms with Crippen LogP contribution in [-0.2, 0) is 20.7 Å². The highest BCUT2D eigenvalue weighted by atomic mass is 127. The van der Waals surface area contributed by atoms with E-state index in [-0.39, 0.29) is 10.0 Å². The molecular weight excluding hydrogens is 575 g/mol. The molecule has 0 aromatic carbocycles. The monoisotopic (exact) mass is 633 g/mol. The summed E-state index contributed by atoms with van der Waals surface area (Å²) in [5, 5.41) is 0. The zero-order chi connectivity index (χ0) is 26.4. The highest BCUT2D eigenvalue weighted by molar-refractivity contribution is 14.1. The minimum Gasteiger partial charge on any atom is -0.384 e. The van der Waals surface area contributed by atoms with Gasteiger partial charge in [0.1, 0.15) is 4.11 Å². The summed E-state index contributed by atoms with van der Waals surface area (Å²) in [5.74, 6) is 0.0625. The van der Waals surface area contributed by atoms with Gasteiger partial charge in [0.2, 0.25) is 11.3 Å². The van der Waals surface area contributed by atoms with Crippen LogP contribution in [0, 0.1) is 5.92 Å². The summed E-state index contributed by atoms with van der Waals surface area (Å²) >= 11 is 0.343. The van der Waals surface area contributed by atoms with Crippen molar-refractivity contribution in [3.63, 3.8) is 0 Å². The minimum absolute atomic E-state index is 0.0287. The van der Waals surface area contributed by atoms with Crippen molar-refractivity contribution in [1.82, 2.24) is 4.31 Å². The van der Waals surface area contributed by atoms with E-state index < -0.39 is 11.3 Å². The maximum atomic E-state index is 11.9. The molecule has 0 radical (unpaired) electrons. The fourth-order valence-corrected chi connectivity index (χ4v) is 5.56. The van der Waals surface area contributed by atoms with Gasteiger partial charge in [0, 0.05) is 39.1 Å². The first kappa shape index (κ1) is 35.7. The molecule has 35 heavy (non-hydrogen) atoms. The third kappa shape index (κ3) is 23.5. The summed E-state index contributed by atoms with van der Waals surface area (Å²) in [4.78, 5) is 0. The van der Waals surface area contributed by atoms with Crippen LogP contribution in [0.1, 0.15) is 103 Å². The molecule has 3 atom stereocenters. The van der Waals surface area contributed by atoms with Gasteiger partial charge >= 0.3 is 0 Å². The Morgan fingerprint density at radius 2 is 1.34 bits per heavy atom. The van der Waals surface area contributed by atoms with E-state index in [9.17, 15) is 8.76 Å². The molecule has 0 aliphatic carbocycles. The molecule has 0 saturated carbocycles. The summed E-state index contributed by atoms with van der Waals surface area (Å²) in [6.45, 7) is 5.61. The lowest BCUT2D eigenvalue weighted by Gasteiger charge is -2.29. The molecule has 1 N–H and O–H groups in total. The van der Waals surface area contributed by atoms with E-state index in [4.69, 9.17) is 9.47 Å². The Hall–Kier alpha value is 0.680. The van der Waals surface area contributed by atoms with Gasteiger partial charge in [-0.15, -0.1) is 0 Å².